The molecule has 5 heteroatoms. The van der Waals surface area contributed by atoms with Gasteiger partial charge in [0, 0.05) is 24.7 Å². The second-order valence-electron chi connectivity index (χ2n) is 5.76. The van der Waals surface area contributed by atoms with Crippen LogP contribution in [-0.4, -0.2) is 45.7 Å². The Bertz CT molecular complexity index is 593. The van der Waals surface area contributed by atoms with Crippen LogP contribution in [0.15, 0.2) is 18.3 Å². The lowest BCUT2D eigenvalue weighted by molar-refractivity contribution is 0.164. The zero-order valence-corrected chi connectivity index (χ0v) is 12.4. The molecule has 0 bridgehead atoms. The van der Waals surface area contributed by atoms with Crippen LogP contribution in [0.4, 0.5) is 0 Å². The molecule has 1 aliphatic heterocycles. The van der Waals surface area contributed by atoms with Gasteiger partial charge >= 0.3 is 0 Å². The first-order valence-corrected chi connectivity index (χ1v) is 7.32. The van der Waals surface area contributed by atoms with E-state index in [-0.39, 0.29) is 0 Å². The molecular weight excluding hydrogens is 252 g/mol. The van der Waals surface area contributed by atoms with Crippen LogP contribution in [0, 0.1) is 0 Å². The molecule has 5 nitrogen and oxygen atoms in total. The molecule has 0 spiro atoms. The Labute approximate surface area is 119 Å². The molecule has 0 radical (unpaired) electrons. The third-order valence-corrected chi connectivity index (χ3v) is 4.19. The average Bonchev–Trinajstić information content (AvgIpc) is 2.91. The molecule has 1 saturated heterocycles. The molecular formula is C15H22N4O. The Kier molecular flexibility index (Phi) is 3.61. The van der Waals surface area contributed by atoms with Gasteiger partial charge in [-0.05, 0) is 45.4 Å². The van der Waals surface area contributed by atoms with Crippen molar-refractivity contribution in [2.45, 2.75) is 38.6 Å². The van der Waals surface area contributed by atoms with Crippen molar-refractivity contribution in [3.63, 3.8) is 0 Å². The van der Waals surface area contributed by atoms with Gasteiger partial charge in [0.25, 0.3) is 0 Å². The van der Waals surface area contributed by atoms with Gasteiger partial charge < -0.3 is 9.64 Å². The van der Waals surface area contributed by atoms with Crippen molar-refractivity contribution in [3.8, 4) is 5.75 Å². The largest absolute Gasteiger partial charge is 0.493 e. The first kappa shape index (κ1) is 13.4. The monoisotopic (exact) mass is 274 g/mol. The highest BCUT2D eigenvalue weighted by molar-refractivity contribution is 5.53. The SMILES string of the molecule is COc1cccn2c(C3CCCN(C(C)C)C3)nnc12. The fourth-order valence-corrected chi connectivity index (χ4v) is 3.03. The molecule has 1 atom stereocenters. The van der Waals surface area contributed by atoms with Crippen molar-refractivity contribution < 1.29 is 4.74 Å². The number of nitrogens with zero attached hydrogens (tertiary/aromatic N) is 4. The van der Waals surface area contributed by atoms with E-state index in [4.69, 9.17) is 4.74 Å². The van der Waals surface area contributed by atoms with E-state index in [0.29, 0.717) is 12.0 Å². The summed E-state index contributed by atoms with van der Waals surface area (Å²) in [4.78, 5) is 2.52. The molecule has 2 aromatic heterocycles. The van der Waals surface area contributed by atoms with Gasteiger partial charge in [-0.3, -0.25) is 4.40 Å². The van der Waals surface area contributed by atoms with Gasteiger partial charge in [-0.25, -0.2) is 0 Å². The zero-order valence-electron chi connectivity index (χ0n) is 12.4. The maximum atomic E-state index is 5.35. The Morgan fingerprint density at radius 1 is 1.35 bits per heavy atom. The van der Waals surface area contributed by atoms with E-state index < -0.39 is 0 Å². The highest BCUT2D eigenvalue weighted by Gasteiger charge is 2.26. The number of rotatable bonds is 3. The van der Waals surface area contributed by atoms with Crippen LogP contribution in [0.1, 0.15) is 38.4 Å². The summed E-state index contributed by atoms with van der Waals surface area (Å²) in [5, 5.41) is 8.73. The van der Waals surface area contributed by atoms with Crippen molar-refractivity contribution in [1.82, 2.24) is 19.5 Å². The molecule has 0 amide bonds. The van der Waals surface area contributed by atoms with Crippen molar-refractivity contribution in [2.75, 3.05) is 20.2 Å². The molecule has 3 heterocycles. The van der Waals surface area contributed by atoms with Crippen LogP contribution in [0.25, 0.3) is 5.65 Å². The fraction of sp³-hybridized carbons (Fsp3) is 0.600. The van der Waals surface area contributed by atoms with Gasteiger partial charge in [-0.1, -0.05) is 0 Å². The molecule has 0 N–H and O–H groups in total. The Morgan fingerprint density at radius 3 is 2.95 bits per heavy atom. The molecule has 0 saturated carbocycles. The van der Waals surface area contributed by atoms with E-state index in [1.54, 1.807) is 7.11 Å². The van der Waals surface area contributed by atoms with E-state index in [2.05, 4.69) is 33.3 Å². The number of ether oxygens (including phenoxy) is 1. The number of hydrogen-bond donors (Lipinski definition) is 0. The summed E-state index contributed by atoms with van der Waals surface area (Å²) in [5.74, 6) is 2.29. The summed E-state index contributed by atoms with van der Waals surface area (Å²) in [6, 6.07) is 4.50. The van der Waals surface area contributed by atoms with Crippen LogP contribution in [-0.2, 0) is 0 Å². The number of hydrogen-bond acceptors (Lipinski definition) is 4. The molecule has 1 fully saturated rings. The minimum atomic E-state index is 0.452. The standard InChI is InChI=1S/C15H22N4O/c1-11(2)18-8-4-6-12(10-18)14-16-17-15-13(20-3)7-5-9-19(14)15/h5,7,9,11-12H,4,6,8,10H2,1-3H3. The maximum Gasteiger partial charge on any atom is 0.203 e. The average molecular weight is 274 g/mol. The smallest absolute Gasteiger partial charge is 0.203 e. The minimum Gasteiger partial charge on any atom is -0.493 e. The van der Waals surface area contributed by atoms with Gasteiger partial charge in [0.15, 0.2) is 5.75 Å². The number of fused-ring (bicyclic) bond motifs is 1. The maximum absolute atomic E-state index is 5.35. The van der Waals surface area contributed by atoms with Crippen molar-refractivity contribution in [1.29, 1.82) is 0 Å². The minimum absolute atomic E-state index is 0.452. The molecule has 0 aliphatic carbocycles. The summed E-state index contributed by atoms with van der Waals surface area (Å²) >= 11 is 0. The second kappa shape index (κ2) is 5.40. The third kappa shape index (κ3) is 2.26. The molecule has 20 heavy (non-hydrogen) atoms. The van der Waals surface area contributed by atoms with Crippen LogP contribution in [0.5, 0.6) is 5.75 Å². The molecule has 0 aromatic carbocycles. The van der Waals surface area contributed by atoms with E-state index in [0.717, 1.165) is 23.8 Å². The van der Waals surface area contributed by atoms with Crippen molar-refractivity contribution in [3.05, 3.63) is 24.2 Å². The van der Waals surface area contributed by atoms with E-state index in [1.807, 2.05) is 18.3 Å². The number of aromatic nitrogens is 3. The summed E-state index contributed by atoms with van der Waals surface area (Å²) < 4.78 is 7.43. The lowest BCUT2D eigenvalue weighted by Gasteiger charge is -2.34. The normalized spacial score (nSPS) is 20.7. The zero-order chi connectivity index (χ0) is 14.1. The topological polar surface area (TPSA) is 42.7 Å². The quantitative estimate of drug-likeness (QED) is 0.861. The van der Waals surface area contributed by atoms with E-state index in [1.165, 1.54) is 19.4 Å². The lowest BCUT2D eigenvalue weighted by Crippen LogP contribution is -2.39. The van der Waals surface area contributed by atoms with Crippen LogP contribution >= 0.6 is 0 Å². The Morgan fingerprint density at radius 2 is 2.20 bits per heavy atom. The highest BCUT2D eigenvalue weighted by Crippen LogP contribution is 2.28. The number of likely N-dealkylation sites (tertiary alicyclic amines) is 1. The molecule has 2 aromatic rings. The summed E-state index contributed by atoms with van der Waals surface area (Å²) in [7, 11) is 1.67. The molecule has 1 unspecified atom stereocenters. The van der Waals surface area contributed by atoms with Crippen LogP contribution in [0.2, 0.25) is 0 Å². The fourth-order valence-electron chi connectivity index (χ4n) is 3.03. The van der Waals surface area contributed by atoms with Gasteiger partial charge in [0.05, 0.1) is 7.11 Å². The molecule has 1 aliphatic rings. The third-order valence-electron chi connectivity index (χ3n) is 4.19. The van der Waals surface area contributed by atoms with Crippen molar-refractivity contribution >= 4 is 5.65 Å². The Balaban J connectivity index is 1.94. The van der Waals surface area contributed by atoms with Gasteiger partial charge in [-0.15, -0.1) is 10.2 Å². The van der Waals surface area contributed by atoms with Crippen LogP contribution < -0.4 is 4.74 Å². The summed E-state index contributed by atoms with van der Waals surface area (Å²) in [6.07, 6.45) is 4.43. The van der Waals surface area contributed by atoms with Crippen molar-refractivity contribution in [2.24, 2.45) is 0 Å². The summed E-state index contributed by atoms with van der Waals surface area (Å²) in [5.41, 5.74) is 0.812. The van der Waals surface area contributed by atoms with Gasteiger partial charge in [-0.2, -0.15) is 0 Å². The lowest BCUT2D eigenvalue weighted by atomic mass is 9.96. The number of methoxy groups -OCH3 is 1. The molecule has 108 valence electrons. The predicted molar refractivity (Wildman–Crippen MR) is 78.2 cm³/mol. The predicted octanol–water partition coefficient (Wildman–Crippen LogP) is 2.33. The van der Waals surface area contributed by atoms with Gasteiger partial charge in [0.1, 0.15) is 5.82 Å². The van der Waals surface area contributed by atoms with Gasteiger partial charge in [0.2, 0.25) is 5.65 Å². The first-order valence-electron chi connectivity index (χ1n) is 7.32. The molecule has 3 rings (SSSR count). The van der Waals surface area contributed by atoms with E-state index in [9.17, 15) is 0 Å². The number of pyridine rings is 1. The Hall–Kier alpha value is -1.62. The van der Waals surface area contributed by atoms with Crippen LogP contribution in [0.3, 0.4) is 0 Å². The first-order chi connectivity index (χ1) is 9.70. The summed E-state index contributed by atoms with van der Waals surface area (Å²) in [6.45, 7) is 6.77. The second-order valence-corrected chi connectivity index (χ2v) is 5.76. The highest BCUT2D eigenvalue weighted by atomic mass is 16.5. The number of piperidine rings is 1. The van der Waals surface area contributed by atoms with E-state index >= 15 is 0 Å².